The van der Waals surface area contributed by atoms with Gasteiger partial charge in [-0.25, -0.2) is 0 Å². The van der Waals surface area contributed by atoms with Gasteiger partial charge in [-0.3, -0.25) is 4.79 Å². The molecule has 0 saturated heterocycles. The van der Waals surface area contributed by atoms with Crippen LogP contribution in [0.1, 0.15) is 20.8 Å². The molecule has 2 aromatic heterocycles. The average molecular weight is 206 g/mol. The van der Waals surface area contributed by atoms with Crippen molar-refractivity contribution in [2.24, 2.45) is 0 Å². The minimum Gasteiger partial charge on any atom is -0.289 e. The number of fused-ring (bicyclic) bond motifs is 3. The van der Waals surface area contributed by atoms with E-state index >= 15 is 0 Å². The molecular formula is C10H6OS2. The molecule has 1 aliphatic carbocycles. The highest BCUT2D eigenvalue weighted by atomic mass is 32.1. The predicted molar refractivity (Wildman–Crippen MR) is 55.8 cm³/mol. The Bertz CT molecular complexity index is 505. The molecular weight excluding hydrogens is 200 g/mol. The minimum atomic E-state index is 0.204. The maximum Gasteiger partial charge on any atom is 0.196 e. The zero-order valence-electron chi connectivity index (χ0n) is 6.96. The molecule has 0 bridgehead atoms. The standard InChI is InChI=1S/C10H6OS2/c1-5-4-7-8(11)6-2-3-12-9(6)10(7)13-5/h2-4H,1H3. The van der Waals surface area contributed by atoms with Crippen LogP contribution >= 0.6 is 22.7 Å². The van der Waals surface area contributed by atoms with E-state index in [0.29, 0.717) is 0 Å². The number of ketones is 1. The number of thiophene rings is 2. The van der Waals surface area contributed by atoms with E-state index in [-0.39, 0.29) is 5.78 Å². The zero-order chi connectivity index (χ0) is 9.00. The molecule has 0 aromatic carbocycles. The van der Waals surface area contributed by atoms with Gasteiger partial charge in [-0.05, 0) is 24.4 Å². The maximum absolute atomic E-state index is 11.8. The molecule has 3 rings (SSSR count). The molecule has 3 heteroatoms. The SMILES string of the molecule is Cc1cc2c(s1)-c1sccc1C2=O. The lowest BCUT2D eigenvalue weighted by Crippen LogP contribution is -1.91. The molecule has 13 heavy (non-hydrogen) atoms. The van der Waals surface area contributed by atoms with E-state index in [1.165, 1.54) is 9.75 Å². The van der Waals surface area contributed by atoms with Gasteiger partial charge < -0.3 is 0 Å². The lowest BCUT2D eigenvalue weighted by molar-refractivity contribution is 0.104. The summed E-state index contributed by atoms with van der Waals surface area (Å²) in [5.74, 6) is 0.204. The molecule has 0 N–H and O–H groups in total. The van der Waals surface area contributed by atoms with Crippen LogP contribution in [-0.4, -0.2) is 5.78 Å². The third kappa shape index (κ3) is 0.833. The summed E-state index contributed by atoms with van der Waals surface area (Å²) in [5, 5.41) is 1.99. The highest BCUT2D eigenvalue weighted by Gasteiger charge is 2.29. The molecule has 0 fully saturated rings. The Labute approximate surface area is 83.7 Å². The van der Waals surface area contributed by atoms with Gasteiger partial charge in [-0.2, -0.15) is 0 Å². The van der Waals surface area contributed by atoms with Crippen LogP contribution in [0.2, 0.25) is 0 Å². The second-order valence-electron chi connectivity index (χ2n) is 3.09. The van der Waals surface area contributed by atoms with Crippen LogP contribution < -0.4 is 0 Å². The molecule has 2 aromatic rings. The van der Waals surface area contributed by atoms with Gasteiger partial charge in [0.25, 0.3) is 0 Å². The molecule has 1 aliphatic rings. The predicted octanol–water partition coefficient (Wildman–Crippen LogP) is 3.33. The van der Waals surface area contributed by atoms with Crippen molar-refractivity contribution in [2.45, 2.75) is 6.92 Å². The van der Waals surface area contributed by atoms with Crippen LogP contribution in [0.25, 0.3) is 9.75 Å². The normalized spacial score (nSPS) is 13.2. The Balaban J connectivity index is 2.41. The highest BCUT2D eigenvalue weighted by molar-refractivity contribution is 7.22. The minimum absolute atomic E-state index is 0.204. The maximum atomic E-state index is 11.8. The Kier molecular flexibility index (Phi) is 1.32. The topological polar surface area (TPSA) is 17.1 Å². The molecule has 1 nitrogen and oxygen atoms in total. The number of carbonyl (C=O) groups is 1. The zero-order valence-corrected chi connectivity index (χ0v) is 8.59. The van der Waals surface area contributed by atoms with Crippen molar-refractivity contribution in [3.8, 4) is 9.75 Å². The molecule has 0 amide bonds. The van der Waals surface area contributed by atoms with E-state index in [2.05, 4.69) is 0 Å². The lowest BCUT2D eigenvalue weighted by Gasteiger charge is -1.85. The summed E-state index contributed by atoms with van der Waals surface area (Å²) < 4.78 is 0. The first-order valence-corrected chi connectivity index (χ1v) is 5.70. The van der Waals surface area contributed by atoms with Gasteiger partial charge in [-0.1, -0.05) is 0 Å². The average Bonchev–Trinajstić information content (AvgIpc) is 2.70. The summed E-state index contributed by atoms with van der Waals surface area (Å²) in [6.07, 6.45) is 0. The number of rotatable bonds is 0. The van der Waals surface area contributed by atoms with Gasteiger partial charge in [0.2, 0.25) is 0 Å². The monoisotopic (exact) mass is 206 g/mol. The fourth-order valence-corrected chi connectivity index (χ4v) is 3.74. The smallest absolute Gasteiger partial charge is 0.196 e. The first kappa shape index (κ1) is 7.47. The number of hydrogen-bond donors (Lipinski definition) is 0. The summed E-state index contributed by atoms with van der Waals surface area (Å²) in [7, 11) is 0. The van der Waals surface area contributed by atoms with E-state index in [1.807, 2.05) is 24.4 Å². The first-order chi connectivity index (χ1) is 6.27. The largest absolute Gasteiger partial charge is 0.289 e. The third-order valence-corrected chi connectivity index (χ3v) is 4.35. The van der Waals surface area contributed by atoms with Crippen LogP contribution in [0, 0.1) is 6.92 Å². The Morgan fingerprint density at radius 2 is 2.08 bits per heavy atom. The van der Waals surface area contributed by atoms with Gasteiger partial charge in [0.05, 0.1) is 9.75 Å². The molecule has 0 aliphatic heterocycles. The number of carbonyl (C=O) groups excluding carboxylic acids is 1. The van der Waals surface area contributed by atoms with Gasteiger partial charge in [-0.15, -0.1) is 22.7 Å². The summed E-state index contributed by atoms with van der Waals surface area (Å²) in [6.45, 7) is 2.05. The fourth-order valence-electron chi connectivity index (χ4n) is 1.66. The van der Waals surface area contributed by atoms with Crippen molar-refractivity contribution in [1.82, 2.24) is 0 Å². The van der Waals surface area contributed by atoms with E-state index in [1.54, 1.807) is 22.7 Å². The summed E-state index contributed by atoms with van der Waals surface area (Å²) >= 11 is 3.38. The van der Waals surface area contributed by atoms with Crippen LogP contribution in [0.15, 0.2) is 17.5 Å². The van der Waals surface area contributed by atoms with Gasteiger partial charge >= 0.3 is 0 Å². The van der Waals surface area contributed by atoms with Gasteiger partial charge in [0.15, 0.2) is 5.78 Å². The Morgan fingerprint density at radius 3 is 2.92 bits per heavy atom. The van der Waals surface area contributed by atoms with E-state index in [9.17, 15) is 4.79 Å². The van der Waals surface area contributed by atoms with Gasteiger partial charge in [0.1, 0.15) is 0 Å². The van der Waals surface area contributed by atoms with Crippen molar-refractivity contribution >= 4 is 28.5 Å². The highest BCUT2D eigenvalue weighted by Crippen LogP contribution is 2.44. The number of aryl methyl sites for hydroxylation is 1. The molecule has 0 saturated carbocycles. The van der Waals surface area contributed by atoms with Crippen molar-refractivity contribution < 1.29 is 4.79 Å². The molecule has 0 atom stereocenters. The Hall–Kier alpha value is -0.930. The first-order valence-electron chi connectivity index (χ1n) is 4.00. The van der Waals surface area contributed by atoms with Crippen molar-refractivity contribution in [2.75, 3.05) is 0 Å². The molecule has 64 valence electrons. The van der Waals surface area contributed by atoms with Crippen LogP contribution in [0.4, 0.5) is 0 Å². The lowest BCUT2D eigenvalue weighted by atomic mass is 10.2. The van der Waals surface area contributed by atoms with Crippen molar-refractivity contribution in [3.05, 3.63) is 33.5 Å². The summed E-state index contributed by atoms with van der Waals surface area (Å²) in [5.41, 5.74) is 1.80. The van der Waals surface area contributed by atoms with Crippen LogP contribution in [0.5, 0.6) is 0 Å². The van der Waals surface area contributed by atoms with Crippen molar-refractivity contribution in [1.29, 1.82) is 0 Å². The van der Waals surface area contributed by atoms with Crippen LogP contribution in [-0.2, 0) is 0 Å². The van der Waals surface area contributed by atoms with Crippen molar-refractivity contribution in [3.63, 3.8) is 0 Å². The molecule has 2 heterocycles. The van der Waals surface area contributed by atoms with Gasteiger partial charge in [0, 0.05) is 16.0 Å². The van der Waals surface area contributed by atoms with E-state index in [0.717, 1.165) is 16.0 Å². The molecule has 0 unspecified atom stereocenters. The second-order valence-corrected chi connectivity index (χ2v) is 5.26. The molecule has 0 radical (unpaired) electrons. The van der Waals surface area contributed by atoms with E-state index < -0.39 is 0 Å². The fraction of sp³-hybridized carbons (Fsp3) is 0.100. The van der Waals surface area contributed by atoms with E-state index in [4.69, 9.17) is 0 Å². The third-order valence-electron chi connectivity index (χ3n) is 2.22. The second kappa shape index (κ2) is 2.30. The molecule has 0 spiro atoms. The quantitative estimate of drug-likeness (QED) is 0.551. The number of hydrogen-bond acceptors (Lipinski definition) is 3. The summed E-state index contributed by atoms with van der Waals surface area (Å²) in [4.78, 5) is 15.3. The van der Waals surface area contributed by atoms with Crippen LogP contribution in [0.3, 0.4) is 0 Å². The summed E-state index contributed by atoms with van der Waals surface area (Å²) in [6, 6.07) is 3.92. The Morgan fingerprint density at radius 1 is 1.23 bits per heavy atom.